The Bertz CT molecular complexity index is 1270. The zero-order valence-electron chi connectivity index (χ0n) is 19.7. The van der Waals surface area contributed by atoms with Crippen LogP contribution in [-0.4, -0.2) is 40.2 Å². The van der Waals surface area contributed by atoms with E-state index in [-0.39, 0.29) is 18.1 Å². The quantitative estimate of drug-likeness (QED) is 0.419. The largest absolute Gasteiger partial charge is 0.454 e. The maximum absolute atomic E-state index is 13.4. The van der Waals surface area contributed by atoms with E-state index in [0.717, 1.165) is 51.5 Å². The van der Waals surface area contributed by atoms with Crippen molar-refractivity contribution in [2.45, 2.75) is 29.6 Å². The number of ether oxygens (including phenoxy) is 2. The van der Waals surface area contributed by atoms with Gasteiger partial charge in [0, 0.05) is 20.0 Å². The molecule has 7 heteroatoms. The van der Waals surface area contributed by atoms with Crippen LogP contribution in [0.1, 0.15) is 24.0 Å². The zero-order chi connectivity index (χ0) is 23.7. The van der Waals surface area contributed by atoms with Crippen molar-refractivity contribution in [2.75, 3.05) is 20.4 Å². The molecule has 1 fully saturated rings. The average molecular weight is 492 g/mol. The summed E-state index contributed by atoms with van der Waals surface area (Å²) in [6.07, 6.45) is 3.85. The number of hydrogen-bond acceptors (Lipinski definition) is 4. The van der Waals surface area contributed by atoms with Crippen molar-refractivity contribution in [1.82, 2.24) is 4.31 Å². The molecule has 1 atom stereocenters. The second kappa shape index (κ2) is 10.2. The summed E-state index contributed by atoms with van der Waals surface area (Å²) in [4.78, 5) is 14.1. The Hall–Kier alpha value is -3.26. The maximum Gasteiger partial charge on any atom is 0.231 e. The summed E-state index contributed by atoms with van der Waals surface area (Å²) < 4.78 is 25.2. The molecule has 0 bridgehead atoms. The molecule has 1 aliphatic heterocycles. The Labute approximate surface area is 208 Å². The van der Waals surface area contributed by atoms with Gasteiger partial charge in [-0.25, -0.2) is 8.51 Å². The molecule has 0 amide bonds. The third kappa shape index (κ3) is 4.93. The number of nitrogens with zero attached hydrogens (tertiary/aromatic N) is 1. The third-order valence-corrected chi connectivity index (χ3v) is 7.95. The lowest BCUT2D eigenvalue weighted by atomic mass is 9.87. The minimum Gasteiger partial charge on any atom is -0.454 e. The summed E-state index contributed by atoms with van der Waals surface area (Å²) >= 11 is 0. The number of fused-ring (bicyclic) bond motifs is 1. The normalized spacial score (nSPS) is 15.8. The van der Waals surface area contributed by atoms with Gasteiger partial charge in [0.25, 0.3) is 0 Å². The monoisotopic (exact) mass is 491 g/mol. The molecule has 1 heterocycles. The predicted molar refractivity (Wildman–Crippen MR) is 137 cm³/mol. The number of likely N-dealkylation sites (N-methyl/N-ethyl adjacent to an activating group) is 1. The fourth-order valence-electron chi connectivity index (χ4n) is 4.46. The minimum absolute atomic E-state index is 0. The first-order valence-electron chi connectivity index (χ1n) is 11.4. The molecule has 1 unspecified atom stereocenters. The maximum atomic E-state index is 13.4. The SMILES string of the molecule is C=CCN(C)S(=O)c1ccc(-c2cccc(CC(=O)C3(c4ccc5c(c4)OCO5)CC3)c2)cc1.O. The molecule has 1 saturated carbocycles. The predicted octanol–water partition coefficient (Wildman–Crippen LogP) is 4.24. The molecule has 3 aromatic rings. The van der Waals surface area contributed by atoms with Gasteiger partial charge < -0.3 is 14.9 Å². The summed E-state index contributed by atoms with van der Waals surface area (Å²) in [5, 5.41) is 0. The fraction of sp³-hybridized carbons (Fsp3) is 0.250. The van der Waals surface area contributed by atoms with Crippen molar-refractivity contribution in [2.24, 2.45) is 0 Å². The van der Waals surface area contributed by atoms with Gasteiger partial charge in [-0.15, -0.1) is 6.58 Å². The highest BCUT2D eigenvalue weighted by atomic mass is 32.2. The summed E-state index contributed by atoms with van der Waals surface area (Å²) in [7, 11) is 0.582. The standard InChI is InChI=1S/C28H27NO4S.H2O/c1-3-15-29(2)34(31)24-10-7-21(8-11-24)22-6-4-5-20(16-22)17-27(30)28(13-14-28)23-9-12-25-26(18-23)33-19-32-25;/h3-12,16,18H,1,13-15,17,19H2,2H3;1H2. The van der Waals surface area contributed by atoms with Crippen LogP contribution in [0, 0.1) is 0 Å². The average Bonchev–Trinajstić information content (AvgIpc) is 3.55. The topological polar surface area (TPSA) is 87.3 Å². The molecule has 1 aliphatic carbocycles. The second-order valence-corrected chi connectivity index (χ2v) is 10.4. The van der Waals surface area contributed by atoms with E-state index in [1.165, 1.54) is 0 Å². The number of ketones is 1. The molecule has 0 aromatic heterocycles. The number of benzene rings is 3. The molecular formula is C28H29NO5S. The molecular weight excluding hydrogens is 462 g/mol. The molecule has 0 radical (unpaired) electrons. The van der Waals surface area contributed by atoms with E-state index in [1.54, 1.807) is 10.4 Å². The van der Waals surface area contributed by atoms with Crippen LogP contribution in [0.5, 0.6) is 11.5 Å². The number of hydrogen-bond donors (Lipinski definition) is 0. The van der Waals surface area contributed by atoms with Crippen LogP contribution in [0.2, 0.25) is 0 Å². The van der Waals surface area contributed by atoms with Crippen LogP contribution in [-0.2, 0) is 27.6 Å². The van der Waals surface area contributed by atoms with Crippen molar-refractivity contribution >= 4 is 16.8 Å². The summed E-state index contributed by atoms with van der Waals surface area (Å²) in [5.41, 5.74) is 3.66. The van der Waals surface area contributed by atoms with Gasteiger partial charge in [0.05, 0.1) is 10.3 Å². The van der Waals surface area contributed by atoms with Crippen LogP contribution >= 0.6 is 0 Å². The van der Waals surface area contributed by atoms with Crippen molar-refractivity contribution in [1.29, 1.82) is 0 Å². The lowest BCUT2D eigenvalue weighted by molar-refractivity contribution is -0.120. The summed E-state index contributed by atoms with van der Waals surface area (Å²) in [5.74, 6) is 1.69. The zero-order valence-corrected chi connectivity index (χ0v) is 20.5. The van der Waals surface area contributed by atoms with Crippen molar-refractivity contribution in [3.05, 3.63) is 90.5 Å². The number of Topliss-reactive ketones (excluding diaryl/α,β-unsaturated/α-hetero) is 1. The number of rotatable bonds is 9. The van der Waals surface area contributed by atoms with E-state index in [0.29, 0.717) is 13.0 Å². The van der Waals surface area contributed by atoms with E-state index in [2.05, 4.69) is 12.6 Å². The lowest BCUT2D eigenvalue weighted by Crippen LogP contribution is -2.22. The van der Waals surface area contributed by atoms with Gasteiger partial charge in [-0.1, -0.05) is 48.5 Å². The van der Waals surface area contributed by atoms with Crippen LogP contribution < -0.4 is 9.47 Å². The van der Waals surface area contributed by atoms with Gasteiger partial charge in [-0.05, 0) is 59.4 Å². The minimum atomic E-state index is -1.23. The molecule has 0 spiro atoms. The van der Waals surface area contributed by atoms with E-state index in [4.69, 9.17) is 9.47 Å². The molecule has 5 rings (SSSR count). The Morgan fingerprint density at radius 2 is 1.77 bits per heavy atom. The van der Waals surface area contributed by atoms with Gasteiger partial charge in [-0.2, -0.15) is 0 Å². The van der Waals surface area contributed by atoms with Gasteiger partial charge >= 0.3 is 0 Å². The van der Waals surface area contributed by atoms with Gasteiger partial charge in [-0.3, -0.25) is 4.79 Å². The molecule has 6 nitrogen and oxygen atoms in total. The van der Waals surface area contributed by atoms with Crippen molar-refractivity contribution < 1.29 is 24.0 Å². The van der Waals surface area contributed by atoms with Crippen LogP contribution in [0.3, 0.4) is 0 Å². The van der Waals surface area contributed by atoms with Crippen molar-refractivity contribution in [3.63, 3.8) is 0 Å². The van der Waals surface area contributed by atoms with E-state index >= 15 is 0 Å². The first-order valence-corrected chi connectivity index (χ1v) is 12.5. The highest BCUT2D eigenvalue weighted by Gasteiger charge is 2.50. The number of carbonyl (C=O) groups excluding carboxylic acids is 1. The Kier molecular flexibility index (Phi) is 7.21. The van der Waals surface area contributed by atoms with E-state index < -0.39 is 16.4 Å². The first kappa shape index (κ1) is 24.9. The van der Waals surface area contributed by atoms with Gasteiger partial charge in [0.2, 0.25) is 6.79 Å². The van der Waals surface area contributed by atoms with Crippen LogP contribution in [0.15, 0.2) is 84.3 Å². The number of carbonyl (C=O) groups is 1. The first-order chi connectivity index (χ1) is 16.5. The summed E-state index contributed by atoms with van der Waals surface area (Å²) in [6, 6.07) is 21.7. The lowest BCUT2D eigenvalue weighted by Gasteiger charge is -2.16. The Balaban J connectivity index is 0.00000289. The van der Waals surface area contributed by atoms with Gasteiger partial charge in [0.15, 0.2) is 11.5 Å². The van der Waals surface area contributed by atoms with E-state index in [1.807, 2.05) is 67.7 Å². The molecule has 2 N–H and O–H groups in total. The molecule has 3 aromatic carbocycles. The van der Waals surface area contributed by atoms with E-state index in [9.17, 15) is 9.00 Å². The molecule has 182 valence electrons. The molecule has 2 aliphatic rings. The fourth-order valence-corrected chi connectivity index (χ4v) is 5.43. The molecule has 35 heavy (non-hydrogen) atoms. The smallest absolute Gasteiger partial charge is 0.231 e. The highest BCUT2D eigenvalue weighted by Crippen LogP contribution is 2.51. The Morgan fingerprint density at radius 1 is 1.03 bits per heavy atom. The second-order valence-electron chi connectivity index (χ2n) is 8.82. The van der Waals surface area contributed by atoms with Crippen molar-refractivity contribution in [3.8, 4) is 22.6 Å². The molecule has 0 saturated heterocycles. The van der Waals surface area contributed by atoms with Gasteiger partial charge in [0.1, 0.15) is 16.8 Å². The Morgan fingerprint density at radius 3 is 2.49 bits per heavy atom. The summed E-state index contributed by atoms with van der Waals surface area (Å²) in [6.45, 7) is 4.48. The third-order valence-electron chi connectivity index (χ3n) is 6.56. The van der Waals surface area contributed by atoms with Crippen LogP contribution in [0.25, 0.3) is 11.1 Å². The highest BCUT2D eigenvalue weighted by molar-refractivity contribution is 7.82. The van der Waals surface area contributed by atoms with Crippen LogP contribution in [0.4, 0.5) is 0 Å².